The van der Waals surface area contributed by atoms with Gasteiger partial charge in [-0.1, -0.05) is 0 Å². The van der Waals surface area contributed by atoms with E-state index in [4.69, 9.17) is 20.8 Å². The van der Waals surface area contributed by atoms with Crippen LogP contribution in [-0.4, -0.2) is 42.3 Å². The van der Waals surface area contributed by atoms with Crippen molar-refractivity contribution in [1.82, 2.24) is 25.2 Å². The number of nitriles is 1. The number of aromatic nitrogens is 5. The summed E-state index contributed by atoms with van der Waals surface area (Å²) >= 11 is 0. The minimum absolute atomic E-state index is 0.00269. The molecule has 2 aromatic heterocycles. The summed E-state index contributed by atoms with van der Waals surface area (Å²) in [6, 6.07) is 5.67. The lowest BCUT2D eigenvalue weighted by atomic mass is 10.2. The highest BCUT2D eigenvalue weighted by Crippen LogP contribution is 2.28. The normalized spacial score (nSPS) is 11.7. The molecule has 1 unspecified atom stereocenters. The van der Waals surface area contributed by atoms with Crippen LogP contribution in [0.1, 0.15) is 12.0 Å². The first kappa shape index (κ1) is 19.8. The van der Waals surface area contributed by atoms with E-state index in [1.54, 1.807) is 6.07 Å². The molecule has 0 fully saturated rings. The van der Waals surface area contributed by atoms with E-state index in [9.17, 15) is 13.6 Å². The van der Waals surface area contributed by atoms with Gasteiger partial charge in [-0.15, -0.1) is 10.2 Å². The first-order valence-electron chi connectivity index (χ1n) is 8.14. The number of nitrogens with two attached hydrogens (primary N) is 1. The van der Waals surface area contributed by atoms with Gasteiger partial charge in [0.15, 0.2) is 17.4 Å². The Labute approximate surface area is 162 Å². The second-order valence-corrected chi connectivity index (χ2v) is 5.90. The third-order valence-corrected chi connectivity index (χ3v) is 3.62. The minimum Gasteiger partial charge on any atom is -0.481 e. The fourth-order valence-corrected chi connectivity index (χ4v) is 2.32. The molecule has 2 heterocycles. The predicted molar refractivity (Wildman–Crippen MR) is 92.4 cm³/mol. The number of tetrazole rings is 1. The second kappa shape index (κ2) is 8.36. The van der Waals surface area contributed by atoms with Crippen LogP contribution < -0.4 is 10.5 Å². The molecule has 1 atom stereocenters. The van der Waals surface area contributed by atoms with Crippen molar-refractivity contribution in [3.63, 3.8) is 0 Å². The Morgan fingerprint density at radius 1 is 1.34 bits per heavy atom. The second-order valence-electron chi connectivity index (χ2n) is 5.90. The molecule has 3 N–H and O–H groups in total. The molecule has 0 amide bonds. The van der Waals surface area contributed by atoms with E-state index in [2.05, 4.69) is 20.4 Å². The molecule has 0 saturated carbocycles. The maximum atomic E-state index is 14.4. The Morgan fingerprint density at radius 3 is 2.79 bits per heavy atom. The van der Waals surface area contributed by atoms with Crippen LogP contribution in [0.15, 0.2) is 30.5 Å². The van der Waals surface area contributed by atoms with Gasteiger partial charge in [-0.3, -0.25) is 4.79 Å². The third-order valence-electron chi connectivity index (χ3n) is 3.62. The van der Waals surface area contributed by atoms with Crippen LogP contribution >= 0.6 is 0 Å². The van der Waals surface area contributed by atoms with Crippen molar-refractivity contribution in [3.05, 3.63) is 47.7 Å². The summed E-state index contributed by atoms with van der Waals surface area (Å²) in [6.07, 6.45) is 0.833. The van der Waals surface area contributed by atoms with E-state index in [-0.39, 0.29) is 35.7 Å². The number of carboxylic acid groups (broad SMARTS) is 1. The van der Waals surface area contributed by atoms with Crippen molar-refractivity contribution in [1.29, 1.82) is 5.26 Å². The molecular formula is C17H13F2N7O3. The highest BCUT2D eigenvalue weighted by atomic mass is 19.1. The zero-order valence-corrected chi connectivity index (χ0v) is 14.7. The fraction of sp³-hybridized carbons (Fsp3) is 0.176. The van der Waals surface area contributed by atoms with Crippen molar-refractivity contribution in [2.75, 3.05) is 0 Å². The summed E-state index contributed by atoms with van der Waals surface area (Å²) in [7, 11) is 0. The molecule has 12 heteroatoms. The summed E-state index contributed by atoms with van der Waals surface area (Å²) in [5.41, 5.74) is 5.93. The van der Waals surface area contributed by atoms with Crippen molar-refractivity contribution < 1.29 is 23.4 Å². The highest BCUT2D eigenvalue weighted by Gasteiger charge is 2.15. The minimum atomic E-state index is -1.05. The average molecular weight is 401 g/mol. The summed E-state index contributed by atoms with van der Waals surface area (Å²) in [4.78, 5) is 15.4. The highest BCUT2D eigenvalue weighted by molar-refractivity contribution is 5.67. The first-order chi connectivity index (χ1) is 13.9. The van der Waals surface area contributed by atoms with Gasteiger partial charge in [0.05, 0.1) is 18.5 Å². The van der Waals surface area contributed by atoms with Crippen molar-refractivity contribution in [2.45, 2.75) is 19.0 Å². The van der Waals surface area contributed by atoms with E-state index in [1.165, 1.54) is 12.1 Å². The Morgan fingerprint density at radius 2 is 2.14 bits per heavy atom. The smallest absolute Gasteiger partial charge is 0.304 e. The topological polar surface area (TPSA) is 153 Å². The van der Waals surface area contributed by atoms with Gasteiger partial charge >= 0.3 is 5.97 Å². The zero-order valence-electron chi connectivity index (χ0n) is 14.7. The summed E-state index contributed by atoms with van der Waals surface area (Å²) in [5.74, 6) is -3.47. The summed E-state index contributed by atoms with van der Waals surface area (Å²) in [6.45, 7) is 0.0205. The number of hydrogen-bond acceptors (Lipinski definition) is 8. The van der Waals surface area contributed by atoms with Crippen LogP contribution in [0.2, 0.25) is 0 Å². The molecule has 0 aliphatic rings. The number of aliphatic carboxylic acids is 1. The van der Waals surface area contributed by atoms with Gasteiger partial charge in [-0.2, -0.15) is 10.1 Å². The predicted octanol–water partition coefficient (Wildman–Crippen LogP) is 1.48. The number of carbonyl (C=O) groups is 1. The molecular weight excluding hydrogens is 388 g/mol. The molecule has 1 aromatic carbocycles. The Bertz CT molecular complexity index is 1100. The van der Waals surface area contributed by atoms with Gasteiger partial charge in [0.2, 0.25) is 5.82 Å². The quantitative estimate of drug-likeness (QED) is 0.599. The van der Waals surface area contributed by atoms with Crippen LogP contribution in [0.5, 0.6) is 11.6 Å². The van der Waals surface area contributed by atoms with Gasteiger partial charge in [-0.25, -0.2) is 13.8 Å². The molecule has 29 heavy (non-hydrogen) atoms. The Kier molecular flexibility index (Phi) is 5.70. The van der Waals surface area contributed by atoms with Crippen molar-refractivity contribution in [2.24, 2.45) is 5.73 Å². The lowest BCUT2D eigenvalue weighted by Gasteiger charge is -2.07. The average Bonchev–Trinajstić information content (AvgIpc) is 3.12. The number of ether oxygens (including phenoxy) is 1. The molecule has 3 aromatic rings. The van der Waals surface area contributed by atoms with Gasteiger partial charge in [0.25, 0.3) is 5.88 Å². The summed E-state index contributed by atoms with van der Waals surface area (Å²) < 4.78 is 33.3. The van der Waals surface area contributed by atoms with E-state index in [1.807, 2.05) is 0 Å². The van der Waals surface area contributed by atoms with E-state index in [0.717, 1.165) is 23.1 Å². The maximum Gasteiger partial charge on any atom is 0.304 e. The number of benzene rings is 1. The molecule has 3 rings (SSSR count). The maximum absolute atomic E-state index is 14.4. The Hall–Kier alpha value is -3.98. The molecule has 10 nitrogen and oxygen atoms in total. The van der Waals surface area contributed by atoms with Gasteiger partial charge < -0.3 is 15.6 Å². The van der Waals surface area contributed by atoms with Crippen molar-refractivity contribution in [3.8, 4) is 29.1 Å². The standard InChI is InChI=1S/C17H13F2N7O3/c18-12-4-10(16-23-25-26(24-16)8-11(21)5-15(27)28)1-2-14(12)29-17-13(19)3-9(6-20)7-22-17/h1-4,7,11H,5,8,21H2,(H,27,28). The molecule has 0 bridgehead atoms. The fourth-order valence-electron chi connectivity index (χ4n) is 2.32. The van der Waals surface area contributed by atoms with Crippen LogP contribution in [0.4, 0.5) is 8.78 Å². The molecule has 0 spiro atoms. The van der Waals surface area contributed by atoms with Gasteiger partial charge in [-0.05, 0) is 29.5 Å². The third kappa shape index (κ3) is 4.85. The number of rotatable bonds is 7. The van der Waals surface area contributed by atoms with Gasteiger partial charge in [0.1, 0.15) is 6.07 Å². The SMILES string of the molecule is N#Cc1cnc(Oc2ccc(-c3nnn(CC(N)CC(=O)O)n3)cc2F)c(F)c1. The molecule has 148 valence electrons. The summed E-state index contributed by atoms with van der Waals surface area (Å²) in [5, 5.41) is 29.0. The number of pyridine rings is 1. The van der Waals surface area contributed by atoms with Crippen LogP contribution in [0.25, 0.3) is 11.4 Å². The number of hydrogen-bond donors (Lipinski definition) is 2. The number of nitrogens with zero attached hydrogens (tertiary/aromatic N) is 6. The Balaban J connectivity index is 1.75. The number of carboxylic acids is 1. The zero-order chi connectivity index (χ0) is 21.0. The van der Waals surface area contributed by atoms with E-state index >= 15 is 0 Å². The van der Waals surface area contributed by atoms with Crippen LogP contribution in [0.3, 0.4) is 0 Å². The lowest BCUT2D eigenvalue weighted by molar-refractivity contribution is -0.137. The molecule has 0 radical (unpaired) electrons. The van der Waals surface area contributed by atoms with E-state index in [0.29, 0.717) is 0 Å². The van der Waals surface area contributed by atoms with Gasteiger partial charge in [0, 0.05) is 17.8 Å². The van der Waals surface area contributed by atoms with Crippen molar-refractivity contribution >= 4 is 5.97 Å². The number of halogens is 2. The largest absolute Gasteiger partial charge is 0.481 e. The monoisotopic (exact) mass is 401 g/mol. The van der Waals surface area contributed by atoms with E-state index < -0.39 is 29.5 Å². The van der Waals surface area contributed by atoms with Crippen LogP contribution in [-0.2, 0) is 11.3 Å². The van der Waals surface area contributed by atoms with Crippen LogP contribution in [0, 0.1) is 23.0 Å². The molecule has 0 aliphatic carbocycles. The molecule has 0 saturated heterocycles. The lowest BCUT2D eigenvalue weighted by Crippen LogP contribution is -2.30. The first-order valence-corrected chi connectivity index (χ1v) is 8.14. The molecule has 0 aliphatic heterocycles.